The molecule has 0 spiro atoms. The average molecular weight is 371 g/mol. The minimum atomic E-state index is -5.07. The van der Waals surface area contributed by atoms with E-state index in [1.165, 1.54) is 0 Å². The molecule has 0 aromatic heterocycles. The van der Waals surface area contributed by atoms with Gasteiger partial charge in [-0.2, -0.15) is 21.6 Å². The molecule has 1 atom stereocenters. The number of halogens is 3. The van der Waals surface area contributed by atoms with Crippen LogP contribution in [0, 0.1) is 17.8 Å². The van der Waals surface area contributed by atoms with E-state index in [-0.39, 0.29) is 0 Å². The lowest BCUT2D eigenvalue weighted by molar-refractivity contribution is -0.197. The summed E-state index contributed by atoms with van der Waals surface area (Å²) >= 11 is 0. The Bertz CT molecular complexity index is 583. The molecule has 1 amide bonds. The van der Waals surface area contributed by atoms with Crippen LogP contribution in [0.4, 0.5) is 18.0 Å². The Morgan fingerprint density at radius 3 is 2.00 bits per heavy atom. The van der Waals surface area contributed by atoms with Gasteiger partial charge in [0.25, 0.3) is 10.1 Å². The van der Waals surface area contributed by atoms with E-state index in [4.69, 9.17) is 4.55 Å². The zero-order valence-corrected chi connectivity index (χ0v) is 13.7. The standard InChI is InChI=1S/C14H20F3NO5S/c15-14(16,17)11(7-24(20,21)22)23-12(19)18-13-4-8-1-9(5-13)3-10(2-8)6-13/h8-11H,1-7H2,(H,18,19)(H,20,21,22). The number of rotatable bonds is 4. The van der Waals surface area contributed by atoms with Crippen LogP contribution in [-0.2, 0) is 14.9 Å². The van der Waals surface area contributed by atoms with E-state index in [9.17, 15) is 26.4 Å². The van der Waals surface area contributed by atoms with E-state index in [0.29, 0.717) is 17.8 Å². The molecule has 2 N–H and O–H groups in total. The van der Waals surface area contributed by atoms with Crippen molar-refractivity contribution in [1.29, 1.82) is 0 Å². The topological polar surface area (TPSA) is 92.7 Å². The highest BCUT2D eigenvalue weighted by atomic mass is 32.2. The van der Waals surface area contributed by atoms with Crippen molar-refractivity contribution in [3.8, 4) is 0 Å². The van der Waals surface area contributed by atoms with Crippen LogP contribution in [0.2, 0.25) is 0 Å². The van der Waals surface area contributed by atoms with Gasteiger partial charge in [0.1, 0.15) is 5.75 Å². The first-order valence-electron chi connectivity index (χ1n) is 7.95. The number of nitrogens with one attached hydrogen (secondary N) is 1. The van der Waals surface area contributed by atoms with E-state index in [2.05, 4.69) is 10.1 Å². The Labute approximate surface area is 137 Å². The first kappa shape index (κ1) is 17.8. The van der Waals surface area contributed by atoms with Crippen molar-refractivity contribution in [3.05, 3.63) is 0 Å². The molecule has 0 aliphatic heterocycles. The third kappa shape index (κ3) is 3.96. The maximum absolute atomic E-state index is 12.8. The van der Waals surface area contributed by atoms with Crippen molar-refractivity contribution < 1.29 is 35.7 Å². The van der Waals surface area contributed by atoms with Gasteiger partial charge in [0, 0.05) is 5.54 Å². The predicted molar refractivity (Wildman–Crippen MR) is 76.8 cm³/mol. The van der Waals surface area contributed by atoms with Crippen LogP contribution >= 0.6 is 0 Å². The van der Waals surface area contributed by atoms with Crippen molar-refractivity contribution in [2.24, 2.45) is 17.8 Å². The summed E-state index contributed by atoms with van der Waals surface area (Å²) in [4.78, 5) is 12.0. The summed E-state index contributed by atoms with van der Waals surface area (Å²) in [7, 11) is -4.93. The molecule has 4 aliphatic rings. The third-order valence-corrected chi connectivity index (χ3v) is 6.11. The number of hydrogen-bond acceptors (Lipinski definition) is 4. The lowest BCUT2D eigenvalue weighted by Crippen LogP contribution is -2.60. The quantitative estimate of drug-likeness (QED) is 0.741. The summed E-state index contributed by atoms with van der Waals surface area (Å²) in [5.74, 6) is -0.265. The maximum Gasteiger partial charge on any atom is 0.426 e. The summed E-state index contributed by atoms with van der Waals surface area (Å²) in [5, 5.41) is 2.58. The fraction of sp³-hybridized carbons (Fsp3) is 0.929. The number of alkyl halides is 3. The monoisotopic (exact) mass is 371 g/mol. The van der Waals surface area contributed by atoms with Gasteiger partial charge in [-0.05, 0) is 56.3 Å². The van der Waals surface area contributed by atoms with Gasteiger partial charge in [-0.15, -0.1) is 0 Å². The highest BCUT2D eigenvalue weighted by Gasteiger charge is 2.52. The molecule has 4 aliphatic carbocycles. The van der Waals surface area contributed by atoms with E-state index in [0.717, 1.165) is 38.5 Å². The van der Waals surface area contributed by atoms with Crippen molar-refractivity contribution in [2.75, 3.05) is 5.75 Å². The van der Waals surface area contributed by atoms with E-state index < -0.39 is 39.8 Å². The Hall–Kier alpha value is -1.03. The second-order valence-corrected chi connectivity index (χ2v) is 9.00. The molecule has 0 aromatic carbocycles. The molecule has 10 heteroatoms. The highest BCUT2D eigenvalue weighted by molar-refractivity contribution is 7.85. The van der Waals surface area contributed by atoms with Crippen molar-refractivity contribution >= 4 is 16.2 Å². The van der Waals surface area contributed by atoms with Crippen LogP contribution in [-0.4, -0.2) is 42.6 Å². The summed E-state index contributed by atoms with van der Waals surface area (Å²) in [5.41, 5.74) is -0.542. The first-order valence-corrected chi connectivity index (χ1v) is 9.56. The summed E-state index contributed by atoms with van der Waals surface area (Å²) in [6.07, 6.45) is -3.76. The van der Waals surface area contributed by atoms with Gasteiger partial charge >= 0.3 is 12.3 Å². The molecule has 6 nitrogen and oxygen atoms in total. The molecule has 1 unspecified atom stereocenters. The second kappa shape index (κ2) is 5.76. The van der Waals surface area contributed by atoms with Gasteiger partial charge in [-0.3, -0.25) is 4.55 Å². The van der Waals surface area contributed by atoms with Crippen LogP contribution in [0.3, 0.4) is 0 Å². The van der Waals surface area contributed by atoms with Crippen molar-refractivity contribution in [3.63, 3.8) is 0 Å². The van der Waals surface area contributed by atoms with E-state index in [1.54, 1.807) is 0 Å². The smallest absolute Gasteiger partial charge is 0.426 e. The number of alkyl carbamates (subject to hydrolysis) is 1. The molecule has 24 heavy (non-hydrogen) atoms. The van der Waals surface area contributed by atoms with Gasteiger partial charge in [-0.25, -0.2) is 4.79 Å². The van der Waals surface area contributed by atoms with Crippen LogP contribution < -0.4 is 5.32 Å². The fourth-order valence-electron chi connectivity index (χ4n) is 5.03. The molecule has 138 valence electrons. The molecule has 0 radical (unpaired) electrons. The predicted octanol–water partition coefficient (Wildman–Crippen LogP) is 2.50. The Balaban J connectivity index is 1.66. The zero-order valence-electron chi connectivity index (χ0n) is 12.9. The SMILES string of the molecule is O=C(NC12CC3CC(CC(C3)C1)C2)OC(CS(=O)(=O)O)C(F)(F)F. The lowest BCUT2D eigenvalue weighted by Gasteiger charge is -2.56. The highest BCUT2D eigenvalue weighted by Crippen LogP contribution is 2.55. The molecular formula is C14H20F3NO5S. The normalized spacial score (nSPS) is 36.4. The fourth-order valence-corrected chi connectivity index (χ4v) is 5.67. The van der Waals surface area contributed by atoms with Crippen molar-refractivity contribution in [1.82, 2.24) is 5.32 Å². The van der Waals surface area contributed by atoms with Gasteiger partial charge in [0.15, 0.2) is 0 Å². The molecule has 4 saturated carbocycles. The average Bonchev–Trinajstić information content (AvgIpc) is 2.32. The number of amides is 1. The number of ether oxygens (including phenoxy) is 1. The Morgan fingerprint density at radius 2 is 1.62 bits per heavy atom. The summed E-state index contributed by atoms with van der Waals surface area (Å²) in [6.45, 7) is 0. The molecular weight excluding hydrogens is 351 g/mol. The molecule has 4 bridgehead atoms. The largest absolute Gasteiger partial charge is 0.435 e. The van der Waals surface area contributed by atoms with Gasteiger partial charge in [-0.1, -0.05) is 0 Å². The first-order chi connectivity index (χ1) is 10.9. The molecule has 4 rings (SSSR count). The van der Waals surface area contributed by atoms with Crippen LogP contribution in [0.5, 0.6) is 0 Å². The molecule has 4 fully saturated rings. The minimum Gasteiger partial charge on any atom is -0.435 e. The molecule has 0 aromatic rings. The number of carbonyl (C=O) groups excluding carboxylic acids is 1. The van der Waals surface area contributed by atoms with Gasteiger partial charge in [0.05, 0.1) is 0 Å². The van der Waals surface area contributed by atoms with Gasteiger partial charge in [0.2, 0.25) is 6.10 Å². The van der Waals surface area contributed by atoms with E-state index >= 15 is 0 Å². The molecule has 0 heterocycles. The Morgan fingerprint density at radius 1 is 1.17 bits per heavy atom. The Kier molecular flexibility index (Phi) is 4.26. The minimum absolute atomic E-state index is 0.479. The van der Waals surface area contributed by atoms with Crippen LogP contribution in [0.1, 0.15) is 38.5 Å². The van der Waals surface area contributed by atoms with Crippen LogP contribution in [0.15, 0.2) is 0 Å². The summed E-state index contributed by atoms with van der Waals surface area (Å²) in [6, 6.07) is 0. The maximum atomic E-state index is 12.8. The number of hydrogen-bond donors (Lipinski definition) is 2. The van der Waals surface area contributed by atoms with E-state index in [1.807, 2.05) is 0 Å². The zero-order chi connectivity index (χ0) is 17.8. The molecule has 0 saturated heterocycles. The van der Waals surface area contributed by atoms with Crippen LogP contribution in [0.25, 0.3) is 0 Å². The van der Waals surface area contributed by atoms with Crippen molar-refractivity contribution in [2.45, 2.75) is 56.3 Å². The summed E-state index contributed by atoms with van der Waals surface area (Å²) < 4.78 is 72.9. The number of carbonyl (C=O) groups is 1. The van der Waals surface area contributed by atoms with Gasteiger partial charge < -0.3 is 10.1 Å². The third-order valence-electron chi connectivity index (χ3n) is 5.38. The second-order valence-electron chi connectivity index (χ2n) is 7.51. The lowest BCUT2D eigenvalue weighted by atomic mass is 9.53.